The summed E-state index contributed by atoms with van der Waals surface area (Å²) in [6, 6.07) is 14.5. The van der Waals surface area contributed by atoms with E-state index in [2.05, 4.69) is 53.2 Å². The van der Waals surface area contributed by atoms with Crippen LogP contribution in [0.2, 0.25) is 0 Å². The third-order valence-corrected chi connectivity index (χ3v) is 6.81. The van der Waals surface area contributed by atoms with Gasteiger partial charge >= 0.3 is 5.97 Å². The zero-order valence-electron chi connectivity index (χ0n) is 16.4. The van der Waals surface area contributed by atoms with Gasteiger partial charge in [-0.3, -0.25) is 4.79 Å². The van der Waals surface area contributed by atoms with Crippen LogP contribution >= 0.6 is 15.9 Å². The number of ether oxygens (including phenoxy) is 3. The molecule has 4 nitrogen and oxygen atoms in total. The molecule has 0 aromatic heterocycles. The van der Waals surface area contributed by atoms with Crippen LogP contribution in [-0.4, -0.2) is 19.2 Å². The number of benzene rings is 2. The summed E-state index contributed by atoms with van der Waals surface area (Å²) in [4.78, 5) is 11.5. The van der Waals surface area contributed by atoms with Gasteiger partial charge in [-0.15, -0.1) is 0 Å². The van der Waals surface area contributed by atoms with E-state index in [4.69, 9.17) is 14.2 Å². The van der Waals surface area contributed by atoms with Crippen molar-refractivity contribution in [3.8, 4) is 11.5 Å². The quantitative estimate of drug-likeness (QED) is 0.579. The molecule has 2 aromatic rings. The fraction of sp³-hybridized carbons (Fsp3) is 0.435. The normalized spacial score (nSPS) is 28.5. The van der Waals surface area contributed by atoms with Crippen molar-refractivity contribution < 1.29 is 19.0 Å². The molecule has 5 heteroatoms. The molecule has 1 unspecified atom stereocenters. The second-order valence-corrected chi connectivity index (χ2v) is 8.71. The van der Waals surface area contributed by atoms with E-state index < -0.39 is 5.60 Å². The summed E-state index contributed by atoms with van der Waals surface area (Å²) in [5.41, 5.74) is 1.88. The maximum Gasteiger partial charge on any atom is 0.302 e. The predicted molar refractivity (Wildman–Crippen MR) is 111 cm³/mol. The van der Waals surface area contributed by atoms with Crippen molar-refractivity contribution >= 4 is 21.9 Å². The lowest BCUT2D eigenvalue weighted by molar-refractivity contribution is -0.150. The summed E-state index contributed by atoms with van der Waals surface area (Å²) < 4.78 is 18.7. The highest BCUT2D eigenvalue weighted by Crippen LogP contribution is 2.56. The first-order valence-electron chi connectivity index (χ1n) is 9.71. The van der Waals surface area contributed by atoms with E-state index in [0.717, 1.165) is 40.8 Å². The Balaban J connectivity index is 1.81. The highest BCUT2D eigenvalue weighted by molar-refractivity contribution is 9.10. The molecule has 0 amide bonds. The number of halogens is 1. The van der Waals surface area contributed by atoms with Gasteiger partial charge in [0.25, 0.3) is 0 Å². The molecule has 0 N–H and O–H groups in total. The highest BCUT2D eigenvalue weighted by Gasteiger charge is 2.50. The van der Waals surface area contributed by atoms with Crippen LogP contribution in [0.4, 0.5) is 0 Å². The third kappa shape index (κ3) is 3.30. The summed E-state index contributed by atoms with van der Waals surface area (Å²) in [6.45, 7) is 3.67. The van der Waals surface area contributed by atoms with Crippen LogP contribution in [0.5, 0.6) is 11.5 Å². The van der Waals surface area contributed by atoms with Gasteiger partial charge < -0.3 is 14.2 Å². The predicted octanol–water partition coefficient (Wildman–Crippen LogP) is 5.58. The van der Waals surface area contributed by atoms with Crippen molar-refractivity contribution in [1.29, 1.82) is 0 Å². The lowest BCUT2D eigenvalue weighted by Gasteiger charge is -2.50. The molecule has 2 aromatic carbocycles. The number of esters is 1. The van der Waals surface area contributed by atoms with Crippen LogP contribution in [0.1, 0.15) is 50.2 Å². The first-order valence-corrected chi connectivity index (χ1v) is 10.5. The highest BCUT2D eigenvalue weighted by atomic mass is 79.9. The van der Waals surface area contributed by atoms with Crippen LogP contribution in [0, 0.1) is 5.92 Å². The molecule has 2 aliphatic rings. The van der Waals surface area contributed by atoms with Gasteiger partial charge in [-0.1, -0.05) is 30.3 Å². The smallest absolute Gasteiger partial charge is 0.302 e. The van der Waals surface area contributed by atoms with Crippen LogP contribution in [0.3, 0.4) is 0 Å². The minimum atomic E-state index is -0.445. The Morgan fingerprint density at radius 1 is 1.21 bits per heavy atom. The molecule has 148 valence electrons. The monoisotopic (exact) mass is 444 g/mol. The second-order valence-electron chi connectivity index (χ2n) is 7.86. The molecule has 1 aliphatic heterocycles. The van der Waals surface area contributed by atoms with Crippen LogP contribution in [0.15, 0.2) is 46.9 Å². The average Bonchev–Trinajstić information content (AvgIpc) is 2.68. The van der Waals surface area contributed by atoms with E-state index in [0.29, 0.717) is 5.92 Å². The Bertz CT molecular complexity index is 882. The molecule has 1 fully saturated rings. The van der Waals surface area contributed by atoms with Crippen molar-refractivity contribution in [3.05, 3.63) is 58.1 Å². The van der Waals surface area contributed by atoms with Gasteiger partial charge in [-0.25, -0.2) is 0 Å². The Hall–Kier alpha value is -2.01. The maximum atomic E-state index is 11.5. The number of fused-ring (bicyclic) bond motifs is 3. The molecular formula is C23H25BrO4. The zero-order valence-corrected chi connectivity index (χ0v) is 18.0. The van der Waals surface area contributed by atoms with Gasteiger partial charge in [-0.2, -0.15) is 0 Å². The van der Waals surface area contributed by atoms with E-state index in [-0.39, 0.29) is 18.0 Å². The van der Waals surface area contributed by atoms with Crippen molar-refractivity contribution in [2.75, 3.05) is 7.11 Å². The maximum absolute atomic E-state index is 11.5. The molecule has 0 bridgehead atoms. The Morgan fingerprint density at radius 3 is 2.64 bits per heavy atom. The fourth-order valence-electron chi connectivity index (χ4n) is 4.91. The lowest BCUT2D eigenvalue weighted by atomic mass is 9.63. The van der Waals surface area contributed by atoms with Gasteiger partial charge in [-0.05, 0) is 65.2 Å². The van der Waals surface area contributed by atoms with Gasteiger partial charge in [0.05, 0.1) is 11.6 Å². The number of methoxy groups -OCH3 is 1. The fourth-order valence-corrected chi connectivity index (χ4v) is 5.43. The van der Waals surface area contributed by atoms with Gasteiger partial charge in [0, 0.05) is 18.9 Å². The number of hydrogen-bond acceptors (Lipinski definition) is 4. The van der Waals surface area contributed by atoms with Crippen LogP contribution in [-0.2, 0) is 15.1 Å². The molecule has 0 spiro atoms. The molecule has 1 aliphatic carbocycles. The summed E-state index contributed by atoms with van der Waals surface area (Å²) in [7, 11) is 1.66. The first kappa shape index (κ1) is 19.3. The molecule has 1 saturated carbocycles. The van der Waals surface area contributed by atoms with Gasteiger partial charge in [0.2, 0.25) is 0 Å². The topological polar surface area (TPSA) is 44.8 Å². The van der Waals surface area contributed by atoms with Crippen molar-refractivity contribution in [3.63, 3.8) is 0 Å². The number of carbonyl (C=O) groups excluding carboxylic acids is 1. The van der Waals surface area contributed by atoms with E-state index in [1.54, 1.807) is 7.11 Å². The lowest BCUT2D eigenvalue weighted by Crippen LogP contribution is -2.48. The average molecular weight is 445 g/mol. The second kappa shape index (κ2) is 7.43. The summed E-state index contributed by atoms with van der Waals surface area (Å²) in [6.07, 6.45) is 2.56. The van der Waals surface area contributed by atoms with E-state index in [9.17, 15) is 4.79 Å². The largest absolute Gasteiger partial charge is 0.495 e. The Morgan fingerprint density at radius 2 is 1.96 bits per heavy atom. The Kier molecular flexibility index (Phi) is 5.13. The van der Waals surface area contributed by atoms with E-state index in [1.807, 2.05) is 12.1 Å². The zero-order chi connectivity index (χ0) is 19.9. The van der Waals surface area contributed by atoms with Crippen molar-refractivity contribution in [2.45, 2.75) is 50.7 Å². The molecule has 0 saturated heterocycles. The molecule has 28 heavy (non-hydrogen) atoms. The minimum Gasteiger partial charge on any atom is -0.495 e. The standard InChI is InChI=1S/C23H25BrO4/c1-14(25)27-16-9-10-19-17(11-16)18-12-20(24)22(26-3)13-21(18)28-23(19,2)15-7-5-4-6-8-15/h4-8,12-13,16-17,19H,9-11H2,1-3H3/t16?,17-,19+,23-/m1/s1. The SMILES string of the molecule is COc1cc2c(cc1Br)[C@H]1CC(OC(C)=O)CC[C@@H]1[C@@](C)(c1ccccc1)O2. The van der Waals surface area contributed by atoms with Crippen LogP contribution < -0.4 is 9.47 Å². The molecule has 4 rings (SSSR count). The molecule has 1 heterocycles. The van der Waals surface area contributed by atoms with E-state index >= 15 is 0 Å². The van der Waals surface area contributed by atoms with Gasteiger partial charge in [0.15, 0.2) is 0 Å². The third-order valence-electron chi connectivity index (χ3n) is 6.20. The van der Waals surface area contributed by atoms with Crippen molar-refractivity contribution in [2.24, 2.45) is 5.92 Å². The van der Waals surface area contributed by atoms with E-state index in [1.165, 1.54) is 12.5 Å². The Labute approximate surface area is 174 Å². The molecule has 4 atom stereocenters. The van der Waals surface area contributed by atoms with Crippen LogP contribution in [0.25, 0.3) is 0 Å². The number of carbonyl (C=O) groups is 1. The number of hydrogen-bond donors (Lipinski definition) is 0. The summed E-state index contributed by atoms with van der Waals surface area (Å²) >= 11 is 3.62. The minimum absolute atomic E-state index is 0.0504. The van der Waals surface area contributed by atoms with Crippen molar-refractivity contribution in [1.82, 2.24) is 0 Å². The molecular weight excluding hydrogens is 420 g/mol. The molecule has 0 radical (unpaired) electrons. The first-order chi connectivity index (χ1) is 13.4. The van der Waals surface area contributed by atoms with Gasteiger partial charge in [0.1, 0.15) is 23.2 Å². The number of rotatable bonds is 3. The summed E-state index contributed by atoms with van der Waals surface area (Å²) in [5, 5.41) is 0. The summed E-state index contributed by atoms with van der Waals surface area (Å²) in [5.74, 6) is 1.93.